The molecular weight excluding hydrogens is 316 g/mol. The third-order valence-corrected chi connectivity index (χ3v) is 7.06. The Kier molecular flexibility index (Phi) is 4.48. The maximum absolute atomic E-state index is 4.63. The van der Waals surface area contributed by atoms with E-state index in [4.69, 9.17) is 0 Å². The van der Waals surface area contributed by atoms with Gasteiger partial charge in [-0.15, -0.1) is 11.3 Å². The number of aryl methyl sites for hydroxylation is 1. The van der Waals surface area contributed by atoms with Crippen molar-refractivity contribution in [3.05, 3.63) is 16.8 Å². The van der Waals surface area contributed by atoms with Crippen molar-refractivity contribution in [2.24, 2.45) is 5.92 Å². The van der Waals surface area contributed by atoms with E-state index in [1.165, 1.54) is 60.7 Å². The summed E-state index contributed by atoms with van der Waals surface area (Å²) in [6, 6.07) is 1.29. The van der Waals surface area contributed by atoms with Gasteiger partial charge in [-0.3, -0.25) is 0 Å². The molecule has 24 heavy (non-hydrogen) atoms. The molecule has 1 saturated carbocycles. The van der Waals surface area contributed by atoms with Gasteiger partial charge < -0.3 is 10.2 Å². The molecule has 1 N–H and O–H groups in total. The van der Waals surface area contributed by atoms with Gasteiger partial charge in [0.1, 0.15) is 17.0 Å². The van der Waals surface area contributed by atoms with Crippen molar-refractivity contribution in [3.8, 4) is 0 Å². The van der Waals surface area contributed by atoms with E-state index in [1.807, 2.05) is 11.3 Å². The van der Waals surface area contributed by atoms with Crippen molar-refractivity contribution in [1.29, 1.82) is 0 Å². The Labute approximate surface area is 148 Å². The van der Waals surface area contributed by atoms with E-state index in [2.05, 4.69) is 41.2 Å². The zero-order chi connectivity index (χ0) is 16.7. The summed E-state index contributed by atoms with van der Waals surface area (Å²) >= 11 is 1.88. The van der Waals surface area contributed by atoms with E-state index >= 15 is 0 Å². The Morgan fingerprint density at radius 3 is 2.67 bits per heavy atom. The van der Waals surface area contributed by atoms with E-state index < -0.39 is 0 Å². The van der Waals surface area contributed by atoms with Crippen LogP contribution in [0.3, 0.4) is 0 Å². The third kappa shape index (κ3) is 3.04. The first-order chi connectivity index (χ1) is 11.6. The number of fused-ring (bicyclic) bond motifs is 3. The number of rotatable bonds is 3. The molecule has 0 bridgehead atoms. The van der Waals surface area contributed by atoms with E-state index in [0.717, 1.165) is 17.8 Å². The van der Waals surface area contributed by atoms with Crippen molar-refractivity contribution in [2.45, 2.75) is 64.0 Å². The summed E-state index contributed by atoms with van der Waals surface area (Å²) in [7, 11) is 4.40. The zero-order valence-electron chi connectivity index (χ0n) is 15.0. The monoisotopic (exact) mass is 344 g/mol. The minimum absolute atomic E-state index is 0.552. The molecule has 130 valence electrons. The molecular formula is C19H28N4S. The number of anilines is 1. The van der Waals surface area contributed by atoms with Gasteiger partial charge >= 0.3 is 0 Å². The van der Waals surface area contributed by atoms with Crippen molar-refractivity contribution in [1.82, 2.24) is 14.9 Å². The van der Waals surface area contributed by atoms with Crippen LogP contribution in [-0.2, 0) is 12.8 Å². The Morgan fingerprint density at radius 2 is 1.92 bits per heavy atom. The van der Waals surface area contributed by atoms with Crippen molar-refractivity contribution in [3.63, 3.8) is 0 Å². The third-order valence-electron chi connectivity index (χ3n) is 5.86. The highest BCUT2D eigenvalue weighted by Gasteiger charge is 2.26. The molecule has 0 saturated heterocycles. The Morgan fingerprint density at radius 1 is 1.12 bits per heavy atom. The molecule has 1 atom stereocenters. The van der Waals surface area contributed by atoms with Crippen molar-refractivity contribution in [2.75, 3.05) is 19.4 Å². The maximum Gasteiger partial charge on any atom is 0.138 e. The van der Waals surface area contributed by atoms with Gasteiger partial charge in [0.2, 0.25) is 0 Å². The largest absolute Gasteiger partial charge is 0.367 e. The minimum Gasteiger partial charge on any atom is -0.367 e. The van der Waals surface area contributed by atoms with Crippen molar-refractivity contribution >= 4 is 27.4 Å². The number of aromatic nitrogens is 2. The second-order valence-corrected chi connectivity index (χ2v) is 8.95. The average molecular weight is 345 g/mol. The van der Waals surface area contributed by atoms with Gasteiger partial charge in [-0.2, -0.15) is 0 Å². The van der Waals surface area contributed by atoms with Crippen LogP contribution in [0.4, 0.5) is 5.82 Å². The fourth-order valence-corrected chi connectivity index (χ4v) is 5.51. The summed E-state index contributed by atoms with van der Waals surface area (Å²) in [5, 5.41) is 5.09. The number of thiophene rings is 1. The SMILES string of the molecule is CC1CCc2sc3ncnc(N[C@H]4CC[C@H](N(C)C)CC4)c3c2C1. The van der Waals surface area contributed by atoms with E-state index in [9.17, 15) is 0 Å². The van der Waals surface area contributed by atoms with Crippen LogP contribution in [0, 0.1) is 5.92 Å². The minimum atomic E-state index is 0.552. The molecule has 1 fully saturated rings. The molecule has 4 nitrogen and oxygen atoms in total. The van der Waals surface area contributed by atoms with Gasteiger partial charge in [-0.05, 0) is 70.5 Å². The highest BCUT2D eigenvalue weighted by Crippen LogP contribution is 2.40. The highest BCUT2D eigenvalue weighted by atomic mass is 32.1. The Balaban J connectivity index is 1.58. The fourth-order valence-electron chi connectivity index (χ4n) is 4.32. The van der Waals surface area contributed by atoms with Crippen LogP contribution < -0.4 is 5.32 Å². The van der Waals surface area contributed by atoms with Gasteiger partial charge in [0.05, 0.1) is 5.39 Å². The molecule has 2 aromatic rings. The lowest BCUT2D eigenvalue weighted by molar-refractivity contribution is 0.221. The number of hydrogen-bond acceptors (Lipinski definition) is 5. The second kappa shape index (κ2) is 6.60. The molecule has 0 aromatic carbocycles. The molecule has 0 amide bonds. The first kappa shape index (κ1) is 16.3. The first-order valence-electron chi connectivity index (χ1n) is 9.30. The summed E-state index contributed by atoms with van der Waals surface area (Å²) in [5.41, 5.74) is 1.53. The second-order valence-electron chi connectivity index (χ2n) is 7.87. The maximum atomic E-state index is 4.63. The standard InChI is InChI=1S/C19H28N4S/c1-12-4-9-16-15(10-12)17-18(20-11-21-19(17)24-16)22-13-5-7-14(8-6-13)23(2)3/h11-14H,4-10H2,1-3H3,(H,20,21,22)/t12?,13-,14-. The highest BCUT2D eigenvalue weighted by molar-refractivity contribution is 7.19. The van der Waals surface area contributed by atoms with Gasteiger partial charge in [-0.1, -0.05) is 6.92 Å². The summed E-state index contributed by atoms with van der Waals surface area (Å²) in [4.78, 5) is 14.3. The van der Waals surface area contributed by atoms with E-state index in [1.54, 1.807) is 11.2 Å². The fraction of sp³-hybridized carbons (Fsp3) is 0.684. The lowest BCUT2D eigenvalue weighted by Crippen LogP contribution is -2.36. The summed E-state index contributed by atoms with van der Waals surface area (Å²) in [6.07, 6.45) is 10.5. The average Bonchev–Trinajstić information content (AvgIpc) is 2.94. The molecule has 1 unspecified atom stereocenters. The molecule has 2 aliphatic rings. The predicted molar refractivity (Wildman–Crippen MR) is 102 cm³/mol. The molecule has 0 aliphatic heterocycles. The molecule has 2 aliphatic carbocycles. The van der Waals surface area contributed by atoms with E-state index in [0.29, 0.717) is 6.04 Å². The number of hydrogen-bond donors (Lipinski definition) is 1. The first-order valence-corrected chi connectivity index (χ1v) is 10.1. The van der Waals surface area contributed by atoms with E-state index in [-0.39, 0.29) is 0 Å². The van der Waals surface area contributed by atoms with Crippen LogP contribution in [0.5, 0.6) is 0 Å². The summed E-state index contributed by atoms with van der Waals surface area (Å²) < 4.78 is 0. The van der Waals surface area contributed by atoms with Crippen molar-refractivity contribution < 1.29 is 0 Å². The smallest absolute Gasteiger partial charge is 0.138 e. The molecule has 4 rings (SSSR count). The van der Waals surface area contributed by atoms with Gasteiger partial charge in [0.25, 0.3) is 0 Å². The van der Waals surface area contributed by atoms with Gasteiger partial charge in [-0.25, -0.2) is 9.97 Å². The topological polar surface area (TPSA) is 41.1 Å². The van der Waals surface area contributed by atoms with Crippen LogP contribution in [-0.4, -0.2) is 41.0 Å². The van der Waals surface area contributed by atoms with Crippen LogP contribution in [0.25, 0.3) is 10.2 Å². The van der Waals surface area contributed by atoms with Crippen LogP contribution in [0.15, 0.2) is 6.33 Å². The summed E-state index contributed by atoms with van der Waals surface area (Å²) in [5.74, 6) is 1.86. The van der Waals surface area contributed by atoms with Gasteiger partial charge in [0.15, 0.2) is 0 Å². The normalized spacial score (nSPS) is 27.4. The van der Waals surface area contributed by atoms with Crippen LogP contribution >= 0.6 is 11.3 Å². The lowest BCUT2D eigenvalue weighted by atomic mass is 9.88. The Hall–Kier alpha value is -1.20. The molecule has 2 heterocycles. The van der Waals surface area contributed by atoms with Crippen LogP contribution in [0.1, 0.15) is 49.5 Å². The molecule has 0 spiro atoms. The molecule has 5 heteroatoms. The van der Waals surface area contributed by atoms with Crippen LogP contribution in [0.2, 0.25) is 0 Å². The van der Waals surface area contributed by atoms with Gasteiger partial charge in [0, 0.05) is 17.0 Å². The number of nitrogens with one attached hydrogen (secondary N) is 1. The Bertz CT molecular complexity index is 715. The molecule has 2 aromatic heterocycles. The molecule has 0 radical (unpaired) electrons. The number of nitrogens with zero attached hydrogens (tertiary/aromatic N) is 3. The summed E-state index contributed by atoms with van der Waals surface area (Å²) in [6.45, 7) is 2.37. The lowest BCUT2D eigenvalue weighted by Gasteiger charge is -2.33. The zero-order valence-corrected chi connectivity index (χ0v) is 15.8. The quantitative estimate of drug-likeness (QED) is 0.910. The predicted octanol–water partition coefficient (Wildman–Crippen LogP) is 4.10.